The van der Waals surface area contributed by atoms with Gasteiger partial charge in [0, 0.05) is 15.1 Å². The number of ether oxygens (including phenoxy) is 1. The number of carbonyl (C=O) groups is 1. The molecule has 5 nitrogen and oxygen atoms in total. The van der Waals surface area contributed by atoms with E-state index >= 15 is 0 Å². The van der Waals surface area contributed by atoms with Crippen LogP contribution in [0.1, 0.15) is 24.1 Å². The van der Waals surface area contributed by atoms with Crippen molar-refractivity contribution in [3.05, 3.63) is 99.6 Å². The van der Waals surface area contributed by atoms with Crippen LogP contribution in [-0.2, 0) is 9.53 Å². The third kappa shape index (κ3) is 3.96. The molecule has 0 spiro atoms. The summed E-state index contributed by atoms with van der Waals surface area (Å²) >= 11 is 19.9. The molecule has 3 aromatic rings. The fourth-order valence-electron chi connectivity index (χ4n) is 3.44. The van der Waals surface area contributed by atoms with E-state index in [1.807, 2.05) is 0 Å². The summed E-state index contributed by atoms with van der Waals surface area (Å²) in [7, 11) is 1.29. The summed E-state index contributed by atoms with van der Waals surface area (Å²) in [5, 5.41) is 1.35. The second-order valence-corrected chi connectivity index (χ2v) is 9.02. The summed E-state index contributed by atoms with van der Waals surface area (Å²) in [6.07, 6.45) is 1.68. The second-order valence-electron chi connectivity index (χ2n) is 6.76. The summed E-state index contributed by atoms with van der Waals surface area (Å²) in [5.41, 5.74) is 1.67. The lowest BCUT2D eigenvalue weighted by Crippen LogP contribution is -2.39. The van der Waals surface area contributed by atoms with Gasteiger partial charge in [-0.05, 0) is 42.3 Å². The number of methoxy groups -OCH3 is 1. The van der Waals surface area contributed by atoms with E-state index in [0.29, 0.717) is 41.2 Å². The van der Waals surface area contributed by atoms with Crippen LogP contribution >= 0.6 is 46.1 Å². The molecule has 2 aromatic carbocycles. The van der Waals surface area contributed by atoms with Crippen molar-refractivity contribution in [1.82, 2.24) is 4.57 Å². The zero-order valence-electron chi connectivity index (χ0n) is 16.4. The minimum absolute atomic E-state index is 0.263. The van der Waals surface area contributed by atoms with Crippen LogP contribution in [0.4, 0.5) is 0 Å². The van der Waals surface area contributed by atoms with Crippen molar-refractivity contribution in [1.29, 1.82) is 0 Å². The number of carbonyl (C=O) groups excluding carboxylic acids is 1. The Morgan fingerprint density at radius 3 is 2.58 bits per heavy atom. The van der Waals surface area contributed by atoms with Crippen molar-refractivity contribution in [3.8, 4) is 0 Å². The normalized spacial score (nSPS) is 16.2. The van der Waals surface area contributed by atoms with Gasteiger partial charge >= 0.3 is 5.97 Å². The van der Waals surface area contributed by atoms with Gasteiger partial charge in [0.2, 0.25) is 0 Å². The number of hydrogen-bond donors (Lipinski definition) is 0. The first kappa shape index (κ1) is 21.8. The molecule has 0 amide bonds. The molecule has 1 aliphatic rings. The van der Waals surface area contributed by atoms with Crippen LogP contribution in [0.25, 0.3) is 6.08 Å². The number of esters is 1. The summed E-state index contributed by atoms with van der Waals surface area (Å²) < 4.78 is 6.88. The molecule has 0 radical (unpaired) electrons. The smallest absolute Gasteiger partial charge is 0.338 e. The fraction of sp³-hybridized carbons (Fsp3) is 0.136. The summed E-state index contributed by atoms with van der Waals surface area (Å²) in [6, 6.07) is 11.4. The highest BCUT2D eigenvalue weighted by Crippen LogP contribution is 2.34. The van der Waals surface area contributed by atoms with Crippen LogP contribution in [0.5, 0.6) is 0 Å². The molecule has 0 aliphatic carbocycles. The summed E-state index contributed by atoms with van der Waals surface area (Å²) in [6.45, 7) is 1.71. The maximum atomic E-state index is 13.4. The van der Waals surface area contributed by atoms with Crippen LogP contribution in [0, 0.1) is 0 Å². The molecule has 0 unspecified atom stereocenters. The van der Waals surface area contributed by atoms with Crippen molar-refractivity contribution in [2.75, 3.05) is 7.11 Å². The molecule has 4 rings (SSSR count). The molecule has 0 bridgehead atoms. The molecule has 1 atom stereocenters. The lowest BCUT2D eigenvalue weighted by atomic mass is 9.96. The zero-order chi connectivity index (χ0) is 22.3. The van der Waals surface area contributed by atoms with E-state index in [4.69, 9.17) is 39.5 Å². The van der Waals surface area contributed by atoms with Crippen LogP contribution in [-0.4, -0.2) is 17.6 Å². The van der Waals surface area contributed by atoms with Crippen molar-refractivity contribution in [3.63, 3.8) is 0 Å². The highest BCUT2D eigenvalue weighted by atomic mass is 35.5. The third-order valence-electron chi connectivity index (χ3n) is 4.88. The Labute approximate surface area is 196 Å². The highest BCUT2D eigenvalue weighted by molar-refractivity contribution is 7.07. The van der Waals surface area contributed by atoms with E-state index in [0.717, 1.165) is 0 Å². The Hall–Kier alpha value is -2.38. The molecule has 0 fully saturated rings. The van der Waals surface area contributed by atoms with Gasteiger partial charge in [-0.25, -0.2) is 9.79 Å². The van der Waals surface area contributed by atoms with Gasteiger partial charge in [0.1, 0.15) is 6.04 Å². The molecule has 2 heterocycles. The molecule has 1 aromatic heterocycles. The van der Waals surface area contributed by atoms with Crippen molar-refractivity contribution in [2.45, 2.75) is 13.0 Å². The largest absolute Gasteiger partial charge is 0.466 e. The van der Waals surface area contributed by atoms with Crippen molar-refractivity contribution < 1.29 is 9.53 Å². The van der Waals surface area contributed by atoms with E-state index in [1.165, 1.54) is 23.0 Å². The number of aromatic nitrogens is 1. The van der Waals surface area contributed by atoms with Gasteiger partial charge in [0.25, 0.3) is 5.56 Å². The van der Waals surface area contributed by atoms with E-state index < -0.39 is 12.0 Å². The predicted molar refractivity (Wildman–Crippen MR) is 124 cm³/mol. The van der Waals surface area contributed by atoms with Crippen molar-refractivity contribution >= 4 is 58.2 Å². The maximum Gasteiger partial charge on any atom is 0.338 e. The number of nitrogens with zero attached hydrogens (tertiary/aromatic N) is 2. The number of allylic oxidation sites excluding steroid dienone is 1. The first-order valence-electron chi connectivity index (χ1n) is 9.12. The molecular formula is C22H15Cl3N2O3S. The lowest BCUT2D eigenvalue weighted by Gasteiger charge is -2.25. The molecule has 1 aliphatic heterocycles. The Morgan fingerprint density at radius 2 is 1.90 bits per heavy atom. The second kappa shape index (κ2) is 8.63. The minimum atomic E-state index is -0.764. The molecule has 0 N–H and O–H groups in total. The SMILES string of the molecule is COC(=O)C1=C(C)N=c2s/c(=C/c3ccc(Cl)cc3Cl)c(=O)n2[C@@H]1c1ccccc1Cl. The average molecular weight is 494 g/mol. The maximum absolute atomic E-state index is 13.4. The van der Waals surface area contributed by atoms with Crippen LogP contribution in [0.3, 0.4) is 0 Å². The lowest BCUT2D eigenvalue weighted by molar-refractivity contribution is -0.136. The number of fused-ring (bicyclic) bond motifs is 1. The van der Waals surface area contributed by atoms with E-state index in [1.54, 1.807) is 55.5 Å². The van der Waals surface area contributed by atoms with Gasteiger partial charge in [0.05, 0.1) is 22.9 Å². The Kier molecular flexibility index (Phi) is 6.08. The zero-order valence-corrected chi connectivity index (χ0v) is 19.4. The van der Waals surface area contributed by atoms with Gasteiger partial charge in [0.15, 0.2) is 4.80 Å². The Bertz CT molecular complexity index is 1420. The van der Waals surface area contributed by atoms with Gasteiger partial charge in [-0.2, -0.15) is 0 Å². The van der Waals surface area contributed by atoms with E-state index in [2.05, 4.69) is 4.99 Å². The summed E-state index contributed by atoms with van der Waals surface area (Å²) in [4.78, 5) is 31.0. The third-order valence-corrected chi connectivity index (χ3v) is 6.77. The fourth-order valence-corrected chi connectivity index (χ4v) is 5.18. The Balaban J connectivity index is 2.01. The van der Waals surface area contributed by atoms with E-state index in [9.17, 15) is 9.59 Å². The molecular weight excluding hydrogens is 479 g/mol. The average Bonchev–Trinajstić information content (AvgIpc) is 3.04. The quantitative estimate of drug-likeness (QED) is 0.509. The molecule has 0 saturated carbocycles. The highest BCUT2D eigenvalue weighted by Gasteiger charge is 2.34. The summed E-state index contributed by atoms with van der Waals surface area (Å²) in [5.74, 6) is -0.568. The van der Waals surface area contributed by atoms with Gasteiger partial charge < -0.3 is 4.74 Å². The van der Waals surface area contributed by atoms with Crippen LogP contribution < -0.4 is 14.9 Å². The first-order valence-corrected chi connectivity index (χ1v) is 11.1. The van der Waals surface area contributed by atoms with Gasteiger partial charge in [-0.1, -0.05) is 70.4 Å². The number of benzene rings is 2. The van der Waals surface area contributed by atoms with E-state index in [-0.39, 0.29) is 11.1 Å². The van der Waals surface area contributed by atoms with Crippen LogP contribution in [0.15, 0.2) is 63.5 Å². The topological polar surface area (TPSA) is 60.7 Å². The number of hydrogen-bond acceptors (Lipinski definition) is 5. The monoisotopic (exact) mass is 492 g/mol. The first-order chi connectivity index (χ1) is 14.8. The van der Waals surface area contributed by atoms with Gasteiger partial charge in [-0.15, -0.1) is 0 Å². The molecule has 0 saturated heterocycles. The number of rotatable bonds is 3. The number of thiazole rings is 1. The molecule has 9 heteroatoms. The molecule has 31 heavy (non-hydrogen) atoms. The van der Waals surface area contributed by atoms with Crippen molar-refractivity contribution in [2.24, 2.45) is 4.99 Å². The van der Waals surface area contributed by atoms with Gasteiger partial charge in [-0.3, -0.25) is 9.36 Å². The predicted octanol–water partition coefficient (Wildman–Crippen LogP) is 4.37. The standard InChI is InChI=1S/C22H15Cl3N2O3S/c1-11-18(21(29)30-2)19(14-5-3-4-6-15(14)24)27-20(28)17(31-22(27)26-11)9-12-7-8-13(23)10-16(12)25/h3-10,19H,1-2H3/b17-9+/t19-/m1/s1. The molecule has 158 valence electrons. The Morgan fingerprint density at radius 1 is 1.16 bits per heavy atom. The number of halogens is 3. The van der Waals surface area contributed by atoms with Crippen LogP contribution in [0.2, 0.25) is 15.1 Å². The minimum Gasteiger partial charge on any atom is -0.466 e.